The molecule has 1 aromatic rings. The third-order valence-electron chi connectivity index (χ3n) is 3.42. The van der Waals surface area contributed by atoms with Crippen molar-refractivity contribution in [3.05, 3.63) is 35.4 Å². The van der Waals surface area contributed by atoms with Gasteiger partial charge in [-0.2, -0.15) is 13.2 Å². The van der Waals surface area contributed by atoms with Crippen LogP contribution in [-0.2, 0) is 17.3 Å². The molecule has 0 fully saturated rings. The number of alkyl halides is 3. The molecule has 1 aromatic carbocycles. The number of benzene rings is 1. The van der Waals surface area contributed by atoms with E-state index in [1.165, 1.54) is 12.1 Å². The largest absolute Gasteiger partial charge is 0.416 e. The van der Waals surface area contributed by atoms with Gasteiger partial charge < -0.3 is 4.74 Å². The van der Waals surface area contributed by atoms with Crippen LogP contribution in [0.25, 0.3) is 0 Å². The van der Waals surface area contributed by atoms with Crippen LogP contribution in [0.3, 0.4) is 0 Å². The quantitative estimate of drug-likeness (QED) is 0.599. The molecule has 0 aliphatic heterocycles. The van der Waals surface area contributed by atoms with E-state index in [1.54, 1.807) is 7.11 Å². The second kappa shape index (κ2) is 7.61. The van der Waals surface area contributed by atoms with Gasteiger partial charge in [0.2, 0.25) is 0 Å². The molecule has 3 nitrogen and oxygen atoms in total. The zero-order chi connectivity index (χ0) is 15.2. The summed E-state index contributed by atoms with van der Waals surface area (Å²) < 4.78 is 42.4. The Morgan fingerprint density at radius 2 is 1.85 bits per heavy atom. The molecule has 20 heavy (non-hydrogen) atoms. The van der Waals surface area contributed by atoms with Gasteiger partial charge in [0.1, 0.15) is 0 Å². The minimum absolute atomic E-state index is 0.00175. The standard InChI is InChI=1S/C14H21F3N2O/c1-10(7-8-20-2)13(19-18)9-11-3-5-12(6-4-11)14(15,16)17/h3-6,10,13,19H,7-9,18H2,1-2H3. The van der Waals surface area contributed by atoms with Crippen LogP contribution in [-0.4, -0.2) is 19.8 Å². The first-order valence-electron chi connectivity index (χ1n) is 6.49. The van der Waals surface area contributed by atoms with Gasteiger partial charge in [-0.25, -0.2) is 0 Å². The number of nitrogens with two attached hydrogens (primary N) is 1. The lowest BCUT2D eigenvalue weighted by atomic mass is 9.93. The van der Waals surface area contributed by atoms with Crippen molar-refractivity contribution in [2.24, 2.45) is 11.8 Å². The van der Waals surface area contributed by atoms with Crippen LogP contribution in [0.1, 0.15) is 24.5 Å². The van der Waals surface area contributed by atoms with Gasteiger partial charge in [-0.1, -0.05) is 19.1 Å². The molecule has 2 unspecified atom stereocenters. The van der Waals surface area contributed by atoms with Gasteiger partial charge in [0.15, 0.2) is 0 Å². The zero-order valence-corrected chi connectivity index (χ0v) is 11.7. The summed E-state index contributed by atoms with van der Waals surface area (Å²) in [6, 6.07) is 5.19. The lowest BCUT2D eigenvalue weighted by Crippen LogP contribution is -2.41. The molecular weight excluding hydrogens is 269 g/mol. The van der Waals surface area contributed by atoms with E-state index in [4.69, 9.17) is 10.6 Å². The van der Waals surface area contributed by atoms with Crippen molar-refractivity contribution in [2.45, 2.75) is 32.0 Å². The number of methoxy groups -OCH3 is 1. The first kappa shape index (κ1) is 16.9. The van der Waals surface area contributed by atoms with Crippen molar-refractivity contribution in [2.75, 3.05) is 13.7 Å². The Morgan fingerprint density at radius 3 is 2.30 bits per heavy atom. The molecule has 0 radical (unpaired) electrons. The van der Waals surface area contributed by atoms with Crippen LogP contribution in [0.15, 0.2) is 24.3 Å². The zero-order valence-electron chi connectivity index (χ0n) is 11.7. The second-order valence-corrected chi connectivity index (χ2v) is 4.93. The summed E-state index contributed by atoms with van der Waals surface area (Å²) in [7, 11) is 1.63. The monoisotopic (exact) mass is 290 g/mol. The van der Waals surface area contributed by atoms with Gasteiger partial charge in [0, 0.05) is 19.8 Å². The highest BCUT2D eigenvalue weighted by molar-refractivity contribution is 5.25. The summed E-state index contributed by atoms with van der Waals surface area (Å²) in [5.74, 6) is 5.79. The normalized spacial score (nSPS) is 15.1. The predicted octanol–water partition coefficient (Wildman–Crippen LogP) is 2.75. The number of halogens is 3. The smallest absolute Gasteiger partial charge is 0.385 e. The van der Waals surface area contributed by atoms with Crippen LogP contribution in [0, 0.1) is 5.92 Å². The second-order valence-electron chi connectivity index (χ2n) is 4.93. The van der Waals surface area contributed by atoms with E-state index < -0.39 is 11.7 Å². The van der Waals surface area contributed by atoms with Crippen LogP contribution in [0.2, 0.25) is 0 Å². The number of nitrogens with one attached hydrogen (secondary N) is 1. The first-order chi connectivity index (χ1) is 9.38. The van der Waals surface area contributed by atoms with E-state index in [-0.39, 0.29) is 12.0 Å². The molecule has 6 heteroatoms. The summed E-state index contributed by atoms with van der Waals surface area (Å²) in [5.41, 5.74) is 2.92. The number of hydrazine groups is 1. The molecule has 0 heterocycles. The van der Waals surface area contributed by atoms with Crippen LogP contribution in [0.4, 0.5) is 13.2 Å². The highest BCUT2D eigenvalue weighted by atomic mass is 19.4. The maximum atomic E-state index is 12.5. The minimum Gasteiger partial charge on any atom is -0.385 e. The highest BCUT2D eigenvalue weighted by Crippen LogP contribution is 2.29. The molecule has 0 bridgehead atoms. The van der Waals surface area contributed by atoms with Gasteiger partial charge in [0.05, 0.1) is 5.56 Å². The topological polar surface area (TPSA) is 47.3 Å². The van der Waals surface area contributed by atoms with E-state index in [1.807, 2.05) is 6.92 Å². The van der Waals surface area contributed by atoms with E-state index in [2.05, 4.69) is 5.43 Å². The predicted molar refractivity (Wildman–Crippen MR) is 71.9 cm³/mol. The molecule has 0 spiro atoms. The lowest BCUT2D eigenvalue weighted by molar-refractivity contribution is -0.137. The SMILES string of the molecule is COCCC(C)C(Cc1ccc(C(F)(F)F)cc1)NN. The van der Waals surface area contributed by atoms with Gasteiger partial charge in [0.25, 0.3) is 0 Å². The summed E-state index contributed by atoms with van der Waals surface area (Å²) in [5, 5.41) is 0. The molecular formula is C14H21F3N2O. The average molecular weight is 290 g/mol. The van der Waals surface area contributed by atoms with Crippen LogP contribution in [0.5, 0.6) is 0 Å². The fraction of sp³-hybridized carbons (Fsp3) is 0.571. The minimum atomic E-state index is -4.30. The van der Waals surface area contributed by atoms with Crippen molar-refractivity contribution >= 4 is 0 Å². The maximum absolute atomic E-state index is 12.5. The summed E-state index contributed by atoms with van der Waals surface area (Å²) >= 11 is 0. The summed E-state index contributed by atoms with van der Waals surface area (Å²) in [6.07, 6.45) is -2.87. The summed E-state index contributed by atoms with van der Waals surface area (Å²) in [4.78, 5) is 0. The number of hydrogen-bond acceptors (Lipinski definition) is 3. The average Bonchev–Trinajstić information content (AvgIpc) is 2.41. The van der Waals surface area contributed by atoms with E-state index in [0.717, 1.165) is 24.1 Å². The molecule has 0 saturated carbocycles. The molecule has 0 aliphatic rings. The van der Waals surface area contributed by atoms with Gasteiger partial charge in [-0.15, -0.1) is 0 Å². The van der Waals surface area contributed by atoms with Gasteiger partial charge in [-0.3, -0.25) is 11.3 Å². The van der Waals surface area contributed by atoms with E-state index >= 15 is 0 Å². The first-order valence-corrected chi connectivity index (χ1v) is 6.49. The number of hydrogen-bond donors (Lipinski definition) is 2. The third kappa shape index (κ3) is 5.11. The van der Waals surface area contributed by atoms with E-state index in [0.29, 0.717) is 13.0 Å². The molecule has 0 amide bonds. The van der Waals surface area contributed by atoms with Crippen LogP contribution < -0.4 is 11.3 Å². The molecule has 0 aliphatic carbocycles. The Labute approximate surface area is 117 Å². The molecule has 0 aromatic heterocycles. The Hall–Kier alpha value is -1.11. The lowest BCUT2D eigenvalue weighted by Gasteiger charge is -2.23. The van der Waals surface area contributed by atoms with Gasteiger partial charge in [-0.05, 0) is 36.5 Å². The molecule has 1 rings (SSSR count). The molecule has 2 atom stereocenters. The van der Waals surface area contributed by atoms with Gasteiger partial charge >= 0.3 is 6.18 Å². The highest BCUT2D eigenvalue weighted by Gasteiger charge is 2.30. The third-order valence-corrected chi connectivity index (χ3v) is 3.42. The fourth-order valence-corrected chi connectivity index (χ4v) is 2.01. The van der Waals surface area contributed by atoms with Crippen molar-refractivity contribution in [3.8, 4) is 0 Å². The Kier molecular flexibility index (Phi) is 6.45. The molecule has 3 N–H and O–H groups in total. The Balaban J connectivity index is 2.66. The fourth-order valence-electron chi connectivity index (χ4n) is 2.01. The maximum Gasteiger partial charge on any atom is 0.416 e. The number of ether oxygens (including phenoxy) is 1. The van der Waals surface area contributed by atoms with Crippen molar-refractivity contribution < 1.29 is 17.9 Å². The van der Waals surface area contributed by atoms with Crippen LogP contribution >= 0.6 is 0 Å². The van der Waals surface area contributed by atoms with Crippen molar-refractivity contribution in [1.82, 2.24) is 5.43 Å². The Bertz CT molecular complexity index is 392. The molecule has 114 valence electrons. The Morgan fingerprint density at radius 1 is 1.25 bits per heavy atom. The number of rotatable bonds is 7. The summed E-state index contributed by atoms with van der Waals surface area (Å²) in [6.45, 7) is 2.67. The van der Waals surface area contributed by atoms with Crippen molar-refractivity contribution in [1.29, 1.82) is 0 Å². The van der Waals surface area contributed by atoms with E-state index in [9.17, 15) is 13.2 Å². The van der Waals surface area contributed by atoms with Crippen molar-refractivity contribution in [3.63, 3.8) is 0 Å². The molecule has 0 saturated heterocycles.